The number of nitrogens with two attached hydrogens (primary N) is 1. The zero-order valence-electron chi connectivity index (χ0n) is 16.1. The van der Waals surface area contributed by atoms with Crippen molar-refractivity contribution in [2.24, 2.45) is 5.73 Å². The van der Waals surface area contributed by atoms with Gasteiger partial charge in [0, 0.05) is 44.8 Å². The molecule has 0 saturated carbocycles. The van der Waals surface area contributed by atoms with Crippen molar-refractivity contribution >= 4 is 11.9 Å². The normalized spacial score (nSPS) is 14.5. The lowest BCUT2D eigenvalue weighted by Crippen LogP contribution is -2.48. The lowest BCUT2D eigenvalue weighted by molar-refractivity contribution is 0.0628. The number of benzene rings is 2. The van der Waals surface area contributed by atoms with Gasteiger partial charge in [-0.1, -0.05) is 24.3 Å². The summed E-state index contributed by atoms with van der Waals surface area (Å²) in [5.74, 6) is 0.897. The van der Waals surface area contributed by atoms with E-state index in [4.69, 9.17) is 10.5 Å². The number of hydrogen-bond acceptors (Lipinski definition) is 4. The van der Waals surface area contributed by atoms with E-state index in [0.29, 0.717) is 25.2 Å². The fourth-order valence-electron chi connectivity index (χ4n) is 3.24. The molecular formula is C21H26N4O3. The predicted molar refractivity (Wildman–Crippen MR) is 107 cm³/mol. The number of carbonyl (C=O) groups excluding carboxylic acids is 2. The van der Waals surface area contributed by atoms with E-state index in [1.54, 1.807) is 19.2 Å². The summed E-state index contributed by atoms with van der Waals surface area (Å²) in [5, 5.41) is 2.54. The van der Waals surface area contributed by atoms with Gasteiger partial charge in [-0.25, -0.2) is 4.79 Å². The van der Waals surface area contributed by atoms with Gasteiger partial charge in [-0.2, -0.15) is 0 Å². The summed E-state index contributed by atoms with van der Waals surface area (Å²) in [4.78, 5) is 27.7. The Hall–Kier alpha value is -3.06. The minimum absolute atomic E-state index is 0.0403. The van der Waals surface area contributed by atoms with Crippen molar-refractivity contribution in [3.8, 4) is 5.75 Å². The van der Waals surface area contributed by atoms with Crippen molar-refractivity contribution in [3.63, 3.8) is 0 Å². The van der Waals surface area contributed by atoms with Crippen molar-refractivity contribution in [3.05, 3.63) is 65.2 Å². The van der Waals surface area contributed by atoms with Gasteiger partial charge in [-0.3, -0.25) is 9.69 Å². The van der Waals surface area contributed by atoms with E-state index in [-0.39, 0.29) is 5.91 Å². The molecule has 2 aromatic carbocycles. The van der Waals surface area contributed by atoms with Gasteiger partial charge in [0.15, 0.2) is 0 Å². The molecule has 0 aromatic heterocycles. The number of ether oxygens (including phenoxy) is 1. The van der Waals surface area contributed by atoms with E-state index in [2.05, 4.69) is 22.3 Å². The fourth-order valence-corrected chi connectivity index (χ4v) is 3.24. The van der Waals surface area contributed by atoms with Crippen LogP contribution in [0.2, 0.25) is 0 Å². The molecule has 7 heteroatoms. The van der Waals surface area contributed by atoms with Crippen LogP contribution in [-0.2, 0) is 13.1 Å². The minimum atomic E-state index is -0.562. The Kier molecular flexibility index (Phi) is 6.49. The molecule has 0 atom stereocenters. The minimum Gasteiger partial charge on any atom is -0.497 e. The van der Waals surface area contributed by atoms with E-state index in [1.165, 1.54) is 5.56 Å². The molecule has 0 spiro atoms. The van der Waals surface area contributed by atoms with E-state index < -0.39 is 6.03 Å². The smallest absolute Gasteiger partial charge is 0.312 e. The van der Waals surface area contributed by atoms with Crippen LogP contribution in [0.1, 0.15) is 21.5 Å². The molecular weight excluding hydrogens is 356 g/mol. The molecule has 1 heterocycles. The highest BCUT2D eigenvalue weighted by atomic mass is 16.5. The first-order valence-electron chi connectivity index (χ1n) is 9.32. The highest BCUT2D eigenvalue weighted by molar-refractivity contribution is 5.94. The van der Waals surface area contributed by atoms with Crippen LogP contribution in [0.15, 0.2) is 48.5 Å². The largest absolute Gasteiger partial charge is 0.497 e. The Morgan fingerprint density at radius 3 is 2.14 bits per heavy atom. The average molecular weight is 382 g/mol. The van der Waals surface area contributed by atoms with Gasteiger partial charge in [-0.15, -0.1) is 0 Å². The maximum absolute atomic E-state index is 12.7. The van der Waals surface area contributed by atoms with Gasteiger partial charge >= 0.3 is 6.03 Å². The van der Waals surface area contributed by atoms with Crippen molar-refractivity contribution in [1.29, 1.82) is 0 Å². The van der Waals surface area contributed by atoms with Crippen LogP contribution in [0, 0.1) is 0 Å². The van der Waals surface area contributed by atoms with Crippen LogP contribution in [0.3, 0.4) is 0 Å². The Morgan fingerprint density at radius 2 is 1.57 bits per heavy atom. The number of primary amides is 1. The molecule has 3 N–H and O–H groups in total. The van der Waals surface area contributed by atoms with Crippen LogP contribution in [0.4, 0.5) is 4.79 Å². The van der Waals surface area contributed by atoms with Gasteiger partial charge < -0.3 is 20.7 Å². The molecule has 7 nitrogen and oxygen atoms in total. The highest BCUT2D eigenvalue weighted by Gasteiger charge is 2.22. The molecule has 1 saturated heterocycles. The Bertz CT molecular complexity index is 797. The Labute approximate surface area is 165 Å². The summed E-state index contributed by atoms with van der Waals surface area (Å²) in [7, 11) is 1.66. The van der Waals surface area contributed by atoms with Crippen molar-refractivity contribution in [2.45, 2.75) is 13.1 Å². The molecule has 1 aliphatic heterocycles. The topological polar surface area (TPSA) is 87.9 Å². The van der Waals surface area contributed by atoms with Gasteiger partial charge in [0.1, 0.15) is 5.75 Å². The third kappa shape index (κ3) is 5.23. The monoisotopic (exact) mass is 382 g/mol. The first-order valence-corrected chi connectivity index (χ1v) is 9.32. The number of rotatable bonds is 6. The van der Waals surface area contributed by atoms with Crippen molar-refractivity contribution in [1.82, 2.24) is 15.1 Å². The van der Waals surface area contributed by atoms with Gasteiger partial charge in [0.2, 0.25) is 0 Å². The average Bonchev–Trinajstić information content (AvgIpc) is 2.73. The summed E-state index contributed by atoms with van der Waals surface area (Å²) in [5.41, 5.74) is 7.87. The second-order valence-corrected chi connectivity index (χ2v) is 6.83. The van der Waals surface area contributed by atoms with E-state index in [1.807, 2.05) is 29.2 Å². The number of urea groups is 1. The highest BCUT2D eigenvalue weighted by Crippen LogP contribution is 2.15. The van der Waals surface area contributed by atoms with E-state index in [9.17, 15) is 9.59 Å². The van der Waals surface area contributed by atoms with Crippen LogP contribution in [0.5, 0.6) is 5.75 Å². The maximum atomic E-state index is 12.7. The standard InChI is InChI=1S/C21H26N4O3/c1-28-19-8-4-17(5-9-19)15-24-10-12-25(13-11-24)20(26)18-6-2-16(3-7-18)14-23-21(22)27/h2-9H,10-15H2,1H3,(H3,22,23,27). The Morgan fingerprint density at radius 1 is 0.964 bits per heavy atom. The van der Waals surface area contributed by atoms with Gasteiger partial charge in [0.05, 0.1) is 7.11 Å². The summed E-state index contributed by atoms with van der Waals surface area (Å²) >= 11 is 0. The second-order valence-electron chi connectivity index (χ2n) is 6.83. The summed E-state index contributed by atoms with van der Waals surface area (Å²) in [6.45, 7) is 4.33. The molecule has 2 aromatic rings. The molecule has 0 bridgehead atoms. The number of nitrogens with one attached hydrogen (secondary N) is 1. The number of nitrogens with zero attached hydrogens (tertiary/aromatic N) is 2. The molecule has 0 radical (unpaired) electrons. The van der Waals surface area contributed by atoms with Gasteiger partial charge in [0.25, 0.3) is 5.91 Å². The molecule has 28 heavy (non-hydrogen) atoms. The van der Waals surface area contributed by atoms with Gasteiger partial charge in [-0.05, 0) is 35.4 Å². The van der Waals surface area contributed by atoms with E-state index in [0.717, 1.165) is 30.9 Å². The molecule has 3 rings (SSSR count). The lowest BCUT2D eigenvalue weighted by atomic mass is 10.1. The lowest BCUT2D eigenvalue weighted by Gasteiger charge is -2.34. The third-order valence-electron chi connectivity index (χ3n) is 4.89. The van der Waals surface area contributed by atoms with Crippen LogP contribution in [0.25, 0.3) is 0 Å². The third-order valence-corrected chi connectivity index (χ3v) is 4.89. The zero-order valence-corrected chi connectivity index (χ0v) is 16.1. The molecule has 0 unspecified atom stereocenters. The first-order chi connectivity index (χ1) is 13.5. The Balaban J connectivity index is 1.49. The second kappa shape index (κ2) is 9.23. The number of amides is 3. The van der Waals surface area contributed by atoms with Crippen LogP contribution < -0.4 is 15.8 Å². The SMILES string of the molecule is COc1ccc(CN2CCN(C(=O)c3ccc(CNC(N)=O)cc3)CC2)cc1. The van der Waals surface area contributed by atoms with Crippen LogP contribution >= 0.6 is 0 Å². The maximum Gasteiger partial charge on any atom is 0.312 e. The number of piperazine rings is 1. The van der Waals surface area contributed by atoms with Crippen molar-refractivity contribution in [2.75, 3.05) is 33.3 Å². The molecule has 1 aliphatic rings. The first kappa shape index (κ1) is 19.7. The molecule has 3 amide bonds. The van der Waals surface area contributed by atoms with E-state index >= 15 is 0 Å². The van der Waals surface area contributed by atoms with Crippen molar-refractivity contribution < 1.29 is 14.3 Å². The predicted octanol–water partition coefficient (Wildman–Crippen LogP) is 1.82. The number of hydrogen-bond donors (Lipinski definition) is 2. The zero-order chi connectivity index (χ0) is 19.9. The molecule has 148 valence electrons. The summed E-state index contributed by atoms with van der Waals surface area (Å²) in [6.07, 6.45) is 0. The molecule has 0 aliphatic carbocycles. The summed E-state index contributed by atoms with van der Waals surface area (Å²) < 4.78 is 5.19. The molecule has 1 fully saturated rings. The van der Waals surface area contributed by atoms with Crippen LogP contribution in [-0.4, -0.2) is 55.0 Å². The number of carbonyl (C=O) groups is 2. The summed E-state index contributed by atoms with van der Waals surface area (Å²) in [6, 6.07) is 14.8. The number of methoxy groups -OCH3 is 1. The fraction of sp³-hybridized carbons (Fsp3) is 0.333. The quantitative estimate of drug-likeness (QED) is 0.798.